The average molecular weight is 350 g/mol. The zero-order valence-corrected chi connectivity index (χ0v) is 13.1. The van der Waals surface area contributed by atoms with Gasteiger partial charge in [-0.15, -0.1) is 0 Å². The standard InChI is InChI=1S/C15H13F3N6O/c1-7-12(9-2-3-19-5-8(9)6-20-7)13-21-14(25-24-13)10-4-11(23-22-10)15(16,17)18/h4,6,19H,2-3,5H2,1H3,(H,22,23). The zero-order valence-electron chi connectivity index (χ0n) is 13.1. The molecule has 2 N–H and O–H groups in total. The molecule has 0 radical (unpaired) electrons. The topological polar surface area (TPSA) is 92.5 Å². The molecule has 7 nitrogen and oxygen atoms in total. The van der Waals surface area contributed by atoms with Gasteiger partial charge < -0.3 is 9.84 Å². The molecule has 25 heavy (non-hydrogen) atoms. The monoisotopic (exact) mass is 350 g/mol. The lowest BCUT2D eigenvalue weighted by atomic mass is 9.95. The third kappa shape index (κ3) is 2.78. The Bertz CT molecular complexity index is 930. The molecule has 1 aliphatic heterocycles. The van der Waals surface area contributed by atoms with Crippen molar-refractivity contribution in [2.75, 3.05) is 6.54 Å². The summed E-state index contributed by atoms with van der Waals surface area (Å²) in [7, 11) is 0. The van der Waals surface area contributed by atoms with E-state index in [1.165, 1.54) is 0 Å². The van der Waals surface area contributed by atoms with Crippen molar-refractivity contribution in [3.63, 3.8) is 0 Å². The van der Waals surface area contributed by atoms with E-state index in [2.05, 4.69) is 25.5 Å². The van der Waals surface area contributed by atoms with Crippen molar-refractivity contribution in [3.05, 3.63) is 34.8 Å². The number of aromatic amines is 1. The Labute approximate surface area is 139 Å². The molecule has 3 aromatic rings. The molecule has 0 saturated carbocycles. The number of hydrogen-bond acceptors (Lipinski definition) is 6. The number of alkyl halides is 3. The summed E-state index contributed by atoms with van der Waals surface area (Å²) in [5, 5.41) is 12.7. The minimum Gasteiger partial charge on any atom is -0.332 e. The van der Waals surface area contributed by atoms with Crippen LogP contribution in [0.2, 0.25) is 0 Å². The summed E-state index contributed by atoms with van der Waals surface area (Å²) in [6, 6.07) is 0.840. The highest BCUT2D eigenvalue weighted by Gasteiger charge is 2.34. The molecule has 0 saturated heterocycles. The summed E-state index contributed by atoms with van der Waals surface area (Å²) in [6.45, 7) is 3.36. The second-order valence-electron chi connectivity index (χ2n) is 5.74. The fraction of sp³-hybridized carbons (Fsp3) is 0.333. The highest BCUT2D eigenvalue weighted by Crippen LogP contribution is 2.32. The van der Waals surface area contributed by atoms with Gasteiger partial charge >= 0.3 is 6.18 Å². The molecule has 4 rings (SSSR count). The summed E-state index contributed by atoms with van der Waals surface area (Å²) in [5.74, 6) is 0.225. The predicted octanol–water partition coefficient (Wildman–Crippen LogP) is 2.49. The fourth-order valence-electron chi connectivity index (χ4n) is 2.87. The predicted molar refractivity (Wildman–Crippen MR) is 80.3 cm³/mol. The first-order chi connectivity index (χ1) is 11.9. The number of H-pyrrole nitrogens is 1. The maximum absolute atomic E-state index is 12.7. The molecule has 0 amide bonds. The lowest BCUT2D eigenvalue weighted by Crippen LogP contribution is -2.24. The number of nitrogens with one attached hydrogen (secondary N) is 2. The molecule has 0 atom stereocenters. The van der Waals surface area contributed by atoms with Crippen LogP contribution >= 0.6 is 0 Å². The summed E-state index contributed by atoms with van der Waals surface area (Å²) in [6.07, 6.45) is -1.91. The number of halogens is 3. The van der Waals surface area contributed by atoms with Gasteiger partial charge in [0.15, 0.2) is 5.69 Å². The van der Waals surface area contributed by atoms with E-state index in [0.717, 1.165) is 41.4 Å². The number of fused-ring (bicyclic) bond motifs is 1. The van der Waals surface area contributed by atoms with Crippen LogP contribution in [0.1, 0.15) is 22.5 Å². The molecule has 0 aromatic carbocycles. The highest BCUT2D eigenvalue weighted by atomic mass is 19.4. The van der Waals surface area contributed by atoms with Crippen LogP contribution in [0.25, 0.3) is 23.0 Å². The maximum atomic E-state index is 12.7. The Morgan fingerprint density at radius 3 is 2.88 bits per heavy atom. The largest absolute Gasteiger partial charge is 0.432 e. The van der Waals surface area contributed by atoms with Crippen LogP contribution < -0.4 is 5.32 Å². The third-order valence-corrected chi connectivity index (χ3v) is 4.08. The van der Waals surface area contributed by atoms with Gasteiger partial charge in [-0.3, -0.25) is 10.1 Å². The van der Waals surface area contributed by atoms with Gasteiger partial charge in [0.2, 0.25) is 5.82 Å². The molecule has 1 aliphatic rings. The second kappa shape index (κ2) is 5.66. The molecule has 0 aliphatic carbocycles. The highest BCUT2D eigenvalue weighted by molar-refractivity contribution is 5.66. The lowest BCUT2D eigenvalue weighted by molar-refractivity contribution is -0.141. The van der Waals surface area contributed by atoms with E-state index in [0.29, 0.717) is 12.4 Å². The van der Waals surface area contributed by atoms with E-state index < -0.39 is 11.9 Å². The van der Waals surface area contributed by atoms with Crippen LogP contribution in [-0.2, 0) is 19.1 Å². The fourth-order valence-corrected chi connectivity index (χ4v) is 2.87. The minimum atomic E-state index is -4.51. The first-order valence-electron chi connectivity index (χ1n) is 7.58. The van der Waals surface area contributed by atoms with E-state index in [9.17, 15) is 13.2 Å². The average Bonchev–Trinajstić information content (AvgIpc) is 3.23. The molecule has 10 heteroatoms. The van der Waals surface area contributed by atoms with Gasteiger partial charge in [0.05, 0.1) is 0 Å². The zero-order chi connectivity index (χ0) is 17.6. The first-order valence-corrected chi connectivity index (χ1v) is 7.58. The van der Waals surface area contributed by atoms with Crippen molar-refractivity contribution in [2.45, 2.75) is 26.1 Å². The molecule has 0 spiro atoms. The Balaban J connectivity index is 1.74. The molecule has 0 fully saturated rings. The number of nitrogens with zero attached hydrogens (tertiary/aromatic N) is 4. The molecule has 0 bridgehead atoms. The Kier molecular flexibility index (Phi) is 3.57. The Morgan fingerprint density at radius 1 is 1.28 bits per heavy atom. The van der Waals surface area contributed by atoms with Crippen molar-refractivity contribution in [1.82, 2.24) is 30.6 Å². The molecule has 130 valence electrons. The van der Waals surface area contributed by atoms with Crippen molar-refractivity contribution >= 4 is 0 Å². The van der Waals surface area contributed by atoms with E-state index >= 15 is 0 Å². The van der Waals surface area contributed by atoms with Crippen LogP contribution in [0.15, 0.2) is 16.8 Å². The summed E-state index contributed by atoms with van der Waals surface area (Å²) >= 11 is 0. The van der Waals surface area contributed by atoms with Crippen molar-refractivity contribution in [1.29, 1.82) is 0 Å². The molecular formula is C15H13F3N6O. The molecule has 3 aromatic heterocycles. The Morgan fingerprint density at radius 2 is 2.12 bits per heavy atom. The quantitative estimate of drug-likeness (QED) is 0.738. The molecular weight excluding hydrogens is 337 g/mol. The van der Waals surface area contributed by atoms with Gasteiger partial charge in [-0.05, 0) is 31.0 Å². The van der Waals surface area contributed by atoms with Gasteiger partial charge in [-0.25, -0.2) is 0 Å². The first kappa shape index (κ1) is 15.8. The second-order valence-corrected chi connectivity index (χ2v) is 5.74. The van der Waals surface area contributed by atoms with Crippen molar-refractivity contribution < 1.29 is 17.7 Å². The van der Waals surface area contributed by atoms with Crippen LogP contribution in [0.3, 0.4) is 0 Å². The number of aryl methyl sites for hydroxylation is 1. The van der Waals surface area contributed by atoms with E-state index in [1.54, 1.807) is 0 Å². The maximum Gasteiger partial charge on any atom is 0.432 e. The SMILES string of the molecule is Cc1ncc2c(c1-c1noc(-c3cc(C(F)(F)F)[nH]n3)n1)CCNC2. The van der Waals surface area contributed by atoms with Gasteiger partial charge in [-0.1, -0.05) is 5.16 Å². The van der Waals surface area contributed by atoms with E-state index in [4.69, 9.17) is 4.52 Å². The number of pyridine rings is 1. The number of aromatic nitrogens is 5. The number of rotatable bonds is 2. The summed E-state index contributed by atoms with van der Waals surface area (Å²) < 4.78 is 43.2. The minimum absolute atomic E-state index is 0.0526. The van der Waals surface area contributed by atoms with Gasteiger partial charge in [0.1, 0.15) is 5.69 Å². The van der Waals surface area contributed by atoms with Crippen molar-refractivity contribution in [3.8, 4) is 23.0 Å². The third-order valence-electron chi connectivity index (χ3n) is 4.08. The lowest BCUT2D eigenvalue weighted by Gasteiger charge is -2.19. The number of hydrogen-bond donors (Lipinski definition) is 2. The molecule has 0 unspecified atom stereocenters. The van der Waals surface area contributed by atoms with Crippen LogP contribution in [0, 0.1) is 6.92 Å². The van der Waals surface area contributed by atoms with Gasteiger partial charge in [0.25, 0.3) is 5.89 Å². The van der Waals surface area contributed by atoms with Crippen LogP contribution in [0.4, 0.5) is 13.2 Å². The van der Waals surface area contributed by atoms with E-state index in [1.807, 2.05) is 18.2 Å². The summed E-state index contributed by atoms with van der Waals surface area (Å²) in [4.78, 5) is 8.58. The van der Waals surface area contributed by atoms with Crippen LogP contribution in [0.5, 0.6) is 0 Å². The summed E-state index contributed by atoms with van der Waals surface area (Å²) in [5.41, 5.74) is 2.62. The molecule has 4 heterocycles. The van der Waals surface area contributed by atoms with E-state index in [-0.39, 0.29) is 11.6 Å². The van der Waals surface area contributed by atoms with Crippen LogP contribution in [-0.4, -0.2) is 31.9 Å². The Hall–Kier alpha value is -2.75. The smallest absolute Gasteiger partial charge is 0.332 e. The van der Waals surface area contributed by atoms with Crippen molar-refractivity contribution in [2.24, 2.45) is 0 Å². The normalized spacial score (nSPS) is 14.6. The van der Waals surface area contributed by atoms with Gasteiger partial charge in [0, 0.05) is 30.1 Å². The van der Waals surface area contributed by atoms with Gasteiger partial charge in [-0.2, -0.15) is 23.3 Å².